The second kappa shape index (κ2) is 8.18. The maximum Gasteiger partial charge on any atom is 0.248 e. The highest BCUT2D eigenvalue weighted by molar-refractivity contribution is 8.00. The number of hydrogen-bond donors (Lipinski definition) is 3. The van der Waals surface area contributed by atoms with Crippen LogP contribution in [-0.4, -0.2) is 33.8 Å². The van der Waals surface area contributed by atoms with Crippen LogP contribution in [0, 0.1) is 5.82 Å². The average Bonchev–Trinajstić information content (AvgIpc) is 2.63. The highest BCUT2D eigenvalue weighted by Crippen LogP contribution is 2.23. The molecule has 8 heteroatoms. The molecule has 2 atom stereocenters. The maximum absolute atomic E-state index is 13.7. The number of nitrogens with one attached hydrogen (secondary N) is 3. The number of amides is 2. The lowest BCUT2D eigenvalue weighted by Gasteiger charge is -2.28. The van der Waals surface area contributed by atoms with Gasteiger partial charge in [-0.3, -0.25) is 14.4 Å². The van der Waals surface area contributed by atoms with E-state index in [4.69, 9.17) is 0 Å². The van der Waals surface area contributed by atoms with Gasteiger partial charge >= 0.3 is 0 Å². The van der Waals surface area contributed by atoms with Gasteiger partial charge < -0.3 is 15.6 Å². The number of carbonyl (C=O) groups excluding carboxylic acids is 2. The fourth-order valence-electron chi connectivity index (χ4n) is 2.65. The van der Waals surface area contributed by atoms with Crippen molar-refractivity contribution < 1.29 is 14.0 Å². The molecule has 3 rings (SSSR count). The van der Waals surface area contributed by atoms with Crippen molar-refractivity contribution in [3.63, 3.8) is 0 Å². The normalized spacial score (nSPS) is 19.7. The summed E-state index contributed by atoms with van der Waals surface area (Å²) in [4.78, 5) is 38.3. The van der Waals surface area contributed by atoms with Gasteiger partial charge in [0.05, 0.1) is 11.8 Å². The summed E-state index contributed by atoms with van der Waals surface area (Å²) in [5.74, 6) is -0.530. The first kappa shape index (κ1) is 18.2. The maximum atomic E-state index is 13.7. The second-order valence-corrected chi connectivity index (χ2v) is 7.17. The fourth-order valence-corrected chi connectivity index (χ4v) is 3.83. The van der Waals surface area contributed by atoms with Gasteiger partial charge in [-0.1, -0.05) is 24.3 Å². The van der Waals surface area contributed by atoms with Gasteiger partial charge in [-0.15, -0.1) is 11.8 Å². The lowest BCUT2D eigenvalue weighted by Crippen LogP contribution is -2.54. The highest BCUT2D eigenvalue weighted by atomic mass is 32.2. The molecule has 1 saturated heterocycles. The van der Waals surface area contributed by atoms with E-state index >= 15 is 0 Å². The Morgan fingerprint density at radius 1 is 1.19 bits per heavy atom. The van der Waals surface area contributed by atoms with Crippen LogP contribution in [0.1, 0.15) is 11.3 Å². The minimum absolute atomic E-state index is 0.171. The molecule has 2 heterocycles. The van der Waals surface area contributed by atoms with E-state index in [1.807, 2.05) is 0 Å². The van der Waals surface area contributed by atoms with E-state index in [0.29, 0.717) is 17.0 Å². The van der Waals surface area contributed by atoms with E-state index in [-0.39, 0.29) is 36.2 Å². The summed E-state index contributed by atoms with van der Waals surface area (Å²) in [5.41, 5.74) is 0.823. The molecular formula is C18H18FN3O3S. The van der Waals surface area contributed by atoms with Crippen LogP contribution in [0.4, 0.5) is 4.39 Å². The largest absolute Gasteiger partial charge is 0.349 e. The lowest BCUT2D eigenvalue weighted by atomic mass is 10.1. The van der Waals surface area contributed by atoms with Gasteiger partial charge in [0, 0.05) is 17.5 Å². The van der Waals surface area contributed by atoms with Crippen LogP contribution in [0.5, 0.6) is 0 Å². The number of thioether (sulfide) groups is 1. The molecule has 0 aliphatic carbocycles. The fraction of sp³-hybridized carbons (Fsp3) is 0.278. The third-order valence-electron chi connectivity index (χ3n) is 4.03. The Morgan fingerprint density at radius 2 is 2.00 bits per heavy atom. The monoisotopic (exact) mass is 375 g/mol. The minimum Gasteiger partial charge on any atom is -0.349 e. The first-order valence-corrected chi connectivity index (χ1v) is 9.19. The van der Waals surface area contributed by atoms with Crippen molar-refractivity contribution in [1.82, 2.24) is 15.6 Å². The molecule has 1 aliphatic heterocycles. The molecule has 1 aromatic carbocycles. The standard InChI is InChI=1S/C18H18FN3O3S/c19-13-6-2-1-4-11(13)8-15-18(25)22-14(10-26-15)17(24)20-9-12-5-3-7-16(23)21-12/h1-7,14-15H,8-10H2,(H,20,24)(H,21,23)(H,22,25)/t14-,15-/m0/s1. The van der Waals surface area contributed by atoms with E-state index in [2.05, 4.69) is 15.6 Å². The Hall–Kier alpha value is -2.61. The summed E-state index contributed by atoms with van der Waals surface area (Å²) in [7, 11) is 0. The van der Waals surface area contributed by atoms with Crippen LogP contribution in [0.15, 0.2) is 47.3 Å². The third-order valence-corrected chi connectivity index (χ3v) is 5.34. The Morgan fingerprint density at radius 3 is 2.73 bits per heavy atom. The lowest BCUT2D eigenvalue weighted by molar-refractivity contribution is -0.128. The predicted molar refractivity (Wildman–Crippen MR) is 97.2 cm³/mol. The van der Waals surface area contributed by atoms with E-state index < -0.39 is 11.3 Å². The van der Waals surface area contributed by atoms with Crippen LogP contribution >= 0.6 is 11.8 Å². The molecule has 0 saturated carbocycles. The molecule has 0 radical (unpaired) electrons. The zero-order valence-electron chi connectivity index (χ0n) is 13.8. The smallest absolute Gasteiger partial charge is 0.248 e. The molecule has 2 aromatic rings. The number of aromatic nitrogens is 1. The zero-order chi connectivity index (χ0) is 18.5. The van der Waals surface area contributed by atoms with Crippen LogP contribution in [0.2, 0.25) is 0 Å². The SMILES string of the molecule is O=C(NCc1cccc(=O)[nH]1)[C@@H]1CS[C@@H](Cc2ccccc2F)C(=O)N1. The van der Waals surface area contributed by atoms with Gasteiger partial charge in [0.2, 0.25) is 17.4 Å². The molecule has 0 spiro atoms. The van der Waals surface area contributed by atoms with Crippen LogP contribution in [0.25, 0.3) is 0 Å². The molecule has 1 fully saturated rings. The quantitative estimate of drug-likeness (QED) is 0.726. The van der Waals surface area contributed by atoms with Crippen LogP contribution in [-0.2, 0) is 22.6 Å². The number of benzene rings is 1. The van der Waals surface area contributed by atoms with E-state index in [9.17, 15) is 18.8 Å². The molecule has 1 aliphatic rings. The number of H-pyrrole nitrogens is 1. The van der Waals surface area contributed by atoms with Crippen molar-refractivity contribution >= 4 is 23.6 Å². The number of halogens is 1. The summed E-state index contributed by atoms with van der Waals surface area (Å²) in [6.07, 6.45) is 0.281. The second-order valence-electron chi connectivity index (χ2n) is 5.94. The minimum atomic E-state index is -0.653. The van der Waals surface area contributed by atoms with Crippen molar-refractivity contribution in [2.75, 3.05) is 5.75 Å². The Labute approximate surface area is 153 Å². The first-order chi connectivity index (χ1) is 12.5. The van der Waals surface area contributed by atoms with E-state index in [0.717, 1.165) is 0 Å². The van der Waals surface area contributed by atoms with Gasteiger partial charge in [0.25, 0.3) is 0 Å². The molecule has 0 unspecified atom stereocenters. The van der Waals surface area contributed by atoms with Crippen molar-refractivity contribution in [3.05, 3.63) is 69.9 Å². The number of hydrogen-bond acceptors (Lipinski definition) is 4. The van der Waals surface area contributed by atoms with Gasteiger partial charge in [-0.05, 0) is 24.1 Å². The summed E-state index contributed by atoms with van der Waals surface area (Å²) < 4.78 is 13.7. The average molecular weight is 375 g/mol. The summed E-state index contributed by atoms with van der Waals surface area (Å²) >= 11 is 1.34. The van der Waals surface area contributed by atoms with E-state index in [1.165, 1.54) is 23.9 Å². The predicted octanol–water partition coefficient (Wildman–Crippen LogP) is 0.973. The topological polar surface area (TPSA) is 91.1 Å². The number of carbonyl (C=O) groups is 2. The zero-order valence-corrected chi connectivity index (χ0v) is 14.6. The number of pyridine rings is 1. The van der Waals surface area contributed by atoms with Crippen molar-refractivity contribution in [1.29, 1.82) is 0 Å². The molecule has 2 amide bonds. The van der Waals surface area contributed by atoms with Gasteiger partial charge in [-0.2, -0.15) is 0 Å². The number of aromatic amines is 1. The van der Waals surface area contributed by atoms with Crippen LogP contribution < -0.4 is 16.2 Å². The summed E-state index contributed by atoms with van der Waals surface area (Å²) in [6, 6.07) is 10.4. The third kappa shape index (κ3) is 4.51. The molecule has 6 nitrogen and oxygen atoms in total. The molecule has 0 bridgehead atoms. The molecule has 26 heavy (non-hydrogen) atoms. The van der Waals surface area contributed by atoms with Crippen molar-refractivity contribution in [3.8, 4) is 0 Å². The molecule has 136 valence electrons. The highest BCUT2D eigenvalue weighted by Gasteiger charge is 2.32. The van der Waals surface area contributed by atoms with E-state index in [1.54, 1.807) is 30.3 Å². The van der Waals surface area contributed by atoms with Crippen molar-refractivity contribution in [2.24, 2.45) is 0 Å². The first-order valence-electron chi connectivity index (χ1n) is 8.14. The molecular weight excluding hydrogens is 357 g/mol. The Balaban J connectivity index is 1.53. The van der Waals surface area contributed by atoms with Gasteiger partial charge in [0.1, 0.15) is 11.9 Å². The van der Waals surface area contributed by atoms with Crippen LogP contribution in [0.3, 0.4) is 0 Å². The number of rotatable bonds is 5. The van der Waals surface area contributed by atoms with Gasteiger partial charge in [0.15, 0.2) is 0 Å². The Bertz CT molecular complexity index is 871. The van der Waals surface area contributed by atoms with Gasteiger partial charge in [-0.25, -0.2) is 4.39 Å². The summed E-state index contributed by atoms with van der Waals surface area (Å²) in [5, 5.41) is 4.95. The molecule has 3 N–H and O–H groups in total. The van der Waals surface area contributed by atoms with Crippen molar-refractivity contribution in [2.45, 2.75) is 24.3 Å². The summed E-state index contributed by atoms with van der Waals surface area (Å²) in [6.45, 7) is 0.171. The Kier molecular flexibility index (Phi) is 5.72. The molecule has 1 aromatic heterocycles.